The minimum Gasteiger partial charge on any atom is -0.485 e. The van der Waals surface area contributed by atoms with Crippen LogP contribution in [-0.4, -0.2) is 16.1 Å². The minimum absolute atomic E-state index is 0.104. The summed E-state index contributed by atoms with van der Waals surface area (Å²) in [5, 5.41) is 12.7. The number of aromatic amines is 1. The first-order chi connectivity index (χ1) is 14.4. The number of rotatable bonds is 7. The monoisotopic (exact) mass is 421 g/mol. The molecule has 0 spiro atoms. The Morgan fingerprint density at radius 1 is 1.07 bits per heavy atom. The molecular formula is C25H24ClNO3. The van der Waals surface area contributed by atoms with Gasteiger partial charge in [-0.05, 0) is 58.5 Å². The van der Waals surface area contributed by atoms with E-state index < -0.39 is 5.97 Å². The molecule has 2 N–H and O–H groups in total. The van der Waals surface area contributed by atoms with Crippen molar-refractivity contribution in [2.24, 2.45) is 5.92 Å². The molecule has 1 heterocycles. The summed E-state index contributed by atoms with van der Waals surface area (Å²) >= 11 is 6.30. The van der Waals surface area contributed by atoms with E-state index in [-0.39, 0.29) is 18.4 Å². The zero-order valence-corrected chi connectivity index (χ0v) is 17.7. The lowest BCUT2D eigenvalue weighted by Gasteiger charge is -2.23. The van der Waals surface area contributed by atoms with Crippen LogP contribution in [0.5, 0.6) is 5.75 Å². The molecule has 5 heteroatoms. The molecule has 0 amide bonds. The molecule has 0 aliphatic heterocycles. The van der Waals surface area contributed by atoms with Crippen LogP contribution in [0.1, 0.15) is 37.5 Å². The number of fused-ring (bicyclic) bond motifs is 2. The third kappa shape index (κ3) is 4.29. The van der Waals surface area contributed by atoms with Gasteiger partial charge in [0.05, 0.1) is 5.02 Å². The van der Waals surface area contributed by atoms with Crippen molar-refractivity contribution in [2.45, 2.75) is 32.8 Å². The summed E-state index contributed by atoms with van der Waals surface area (Å²) in [6.07, 6.45) is 2.36. The molecule has 1 unspecified atom stereocenters. The molecule has 0 aliphatic rings. The van der Waals surface area contributed by atoms with Gasteiger partial charge in [-0.15, -0.1) is 0 Å². The van der Waals surface area contributed by atoms with Crippen molar-refractivity contribution in [3.63, 3.8) is 0 Å². The van der Waals surface area contributed by atoms with E-state index in [2.05, 4.69) is 31.0 Å². The Morgan fingerprint density at radius 2 is 1.83 bits per heavy atom. The van der Waals surface area contributed by atoms with Gasteiger partial charge >= 0.3 is 5.97 Å². The fourth-order valence-corrected chi connectivity index (χ4v) is 3.98. The number of hydrogen-bond acceptors (Lipinski definition) is 2. The van der Waals surface area contributed by atoms with Gasteiger partial charge in [-0.2, -0.15) is 0 Å². The number of halogens is 1. The van der Waals surface area contributed by atoms with Crippen LogP contribution in [0.4, 0.5) is 0 Å². The van der Waals surface area contributed by atoms with Crippen molar-refractivity contribution in [1.82, 2.24) is 4.98 Å². The van der Waals surface area contributed by atoms with Gasteiger partial charge in [-0.3, -0.25) is 4.79 Å². The number of carbonyl (C=O) groups is 1. The molecule has 0 aliphatic carbocycles. The second kappa shape index (κ2) is 8.41. The summed E-state index contributed by atoms with van der Waals surface area (Å²) in [5.41, 5.74) is 3.12. The normalized spacial score (nSPS) is 12.5. The quantitative estimate of drug-likeness (QED) is 0.346. The highest BCUT2D eigenvalue weighted by Crippen LogP contribution is 2.33. The number of nitrogens with one attached hydrogen (secondary N) is 1. The van der Waals surface area contributed by atoms with Gasteiger partial charge in [-0.25, -0.2) is 0 Å². The standard InChI is InChI=1S/C25H24ClNO3/c1-15(2)25(19-7-9-23-21(13-19)22(26)14-27-23)30-20-8-6-17-11-16(4-10-24(28)29)3-5-18(17)12-20/h3,5-9,11-15,25,27H,4,10H2,1-2H3,(H,28,29). The maximum absolute atomic E-state index is 10.8. The molecule has 4 rings (SSSR count). The number of hydrogen-bond donors (Lipinski definition) is 2. The van der Waals surface area contributed by atoms with E-state index in [0.717, 1.165) is 38.6 Å². The topological polar surface area (TPSA) is 62.3 Å². The molecule has 30 heavy (non-hydrogen) atoms. The number of H-pyrrole nitrogens is 1. The minimum atomic E-state index is -0.780. The van der Waals surface area contributed by atoms with Gasteiger partial charge < -0.3 is 14.8 Å². The highest BCUT2D eigenvalue weighted by atomic mass is 35.5. The maximum atomic E-state index is 10.8. The number of carboxylic acid groups (broad SMARTS) is 1. The molecule has 154 valence electrons. The van der Waals surface area contributed by atoms with Crippen LogP contribution in [0.15, 0.2) is 60.8 Å². The lowest BCUT2D eigenvalue weighted by molar-refractivity contribution is -0.136. The zero-order chi connectivity index (χ0) is 21.3. The van der Waals surface area contributed by atoms with Crippen molar-refractivity contribution in [3.8, 4) is 5.75 Å². The highest BCUT2D eigenvalue weighted by Gasteiger charge is 2.19. The van der Waals surface area contributed by atoms with Crippen LogP contribution in [0.3, 0.4) is 0 Å². The molecule has 0 saturated heterocycles. The van der Waals surface area contributed by atoms with Crippen molar-refractivity contribution >= 4 is 39.2 Å². The molecular weight excluding hydrogens is 398 g/mol. The molecule has 3 aromatic carbocycles. The third-order valence-corrected chi connectivity index (χ3v) is 5.67. The summed E-state index contributed by atoms with van der Waals surface area (Å²) in [4.78, 5) is 14.0. The van der Waals surface area contributed by atoms with Gasteiger partial charge in [0.25, 0.3) is 0 Å². The first kappa shape index (κ1) is 20.3. The summed E-state index contributed by atoms with van der Waals surface area (Å²) in [5.74, 6) is 0.298. The number of aryl methyl sites for hydroxylation is 1. The van der Waals surface area contributed by atoms with E-state index in [1.807, 2.05) is 42.5 Å². The number of aromatic nitrogens is 1. The average Bonchev–Trinajstić information content (AvgIpc) is 3.10. The third-order valence-electron chi connectivity index (χ3n) is 5.36. The molecule has 0 fully saturated rings. The fourth-order valence-electron chi connectivity index (χ4n) is 3.77. The van der Waals surface area contributed by atoms with Crippen LogP contribution >= 0.6 is 11.6 Å². The lowest BCUT2D eigenvalue weighted by atomic mass is 9.97. The number of benzene rings is 3. The van der Waals surface area contributed by atoms with Crippen molar-refractivity contribution in [2.75, 3.05) is 0 Å². The summed E-state index contributed by atoms with van der Waals surface area (Å²) < 4.78 is 6.41. The first-order valence-corrected chi connectivity index (χ1v) is 10.5. The first-order valence-electron chi connectivity index (χ1n) is 10.1. The summed E-state index contributed by atoms with van der Waals surface area (Å²) in [6.45, 7) is 4.28. The van der Waals surface area contributed by atoms with Gasteiger partial charge in [0.2, 0.25) is 0 Å². The number of carboxylic acids is 1. The lowest BCUT2D eigenvalue weighted by Crippen LogP contribution is -2.14. The van der Waals surface area contributed by atoms with Crippen molar-refractivity contribution in [3.05, 3.63) is 76.9 Å². The molecule has 1 atom stereocenters. The Labute approximate surface area is 180 Å². The predicted molar refractivity (Wildman–Crippen MR) is 121 cm³/mol. The largest absolute Gasteiger partial charge is 0.485 e. The Kier molecular flexibility index (Phi) is 5.69. The maximum Gasteiger partial charge on any atom is 0.303 e. The average molecular weight is 422 g/mol. The molecule has 1 aromatic heterocycles. The molecule has 0 saturated carbocycles. The summed E-state index contributed by atoms with van der Waals surface area (Å²) in [7, 11) is 0. The zero-order valence-electron chi connectivity index (χ0n) is 17.0. The second-order valence-electron chi connectivity index (χ2n) is 7.96. The fraction of sp³-hybridized carbons (Fsp3) is 0.240. The molecule has 4 aromatic rings. The Morgan fingerprint density at radius 3 is 2.60 bits per heavy atom. The van der Waals surface area contributed by atoms with Crippen LogP contribution in [-0.2, 0) is 11.2 Å². The Balaban J connectivity index is 1.60. The molecule has 0 bridgehead atoms. The highest BCUT2D eigenvalue weighted by molar-refractivity contribution is 6.35. The van der Waals surface area contributed by atoms with E-state index in [1.54, 1.807) is 6.20 Å². The second-order valence-corrected chi connectivity index (χ2v) is 8.37. The van der Waals surface area contributed by atoms with Gasteiger partial charge in [-0.1, -0.05) is 55.8 Å². The van der Waals surface area contributed by atoms with Crippen LogP contribution in [0.2, 0.25) is 5.02 Å². The smallest absolute Gasteiger partial charge is 0.303 e. The number of ether oxygens (including phenoxy) is 1. The SMILES string of the molecule is CC(C)C(Oc1ccc2cc(CCC(=O)O)ccc2c1)c1ccc2[nH]cc(Cl)c2c1. The predicted octanol–water partition coefficient (Wildman–Crippen LogP) is 6.77. The Bertz CT molecular complexity index is 1210. The van der Waals surface area contributed by atoms with Gasteiger partial charge in [0.1, 0.15) is 11.9 Å². The summed E-state index contributed by atoms with van der Waals surface area (Å²) in [6, 6.07) is 18.3. The van der Waals surface area contributed by atoms with E-state index in [0.29, 0.717) is 11.4 Å². The Hall–Kier alpha value is -2.98. The van der Waals surface area contributed by atoms with E-state index in [4.69, 9.17) is 21.4 Å². The van der Waals surface area contributed by atoms with Gasteiger partial charge in [0.15, 0.2) is 0 Å². The van der Waals surface area contributed by atoms with Gasteiger partial charge in [0, 0.05) is 23.5 Å². The van der Waals surface area contributed by atoms with E-state index in [1.165, 1.54) is 0 Å². The molecule has 0 radical (unpaired) electrons. The molecule has 4 nitrogen and oxygen atoms in total. The van der Waals surface area contributed by atoms with Crippen LogP contribution in [0.25, 0.3) is 21.7 Å². The van der Waals surface area contributed by atoms with E-state index >= 15 is 0 Å². The van der Waals surface area contributed by atoms with Crippen molar-refractivity contribution < 1.29 is 14.6 Å². The number of aliphatic carboxylic acids is 1. The van der Waals surface area contributed by atoms with E-state index in [9.17, 15) is 4.79 Å². The van der Waals surface area contributed by atoms with Crippen LogP contribution in [0, 0.1) is 5.92 Å². The van der Waals surface area contributed by atoms with Crippen LogP contribution < -0.4 is 4.74 Å². The van der Waals surface area contributed by atoms with Crippen molar-refractivity contribution in [1.29, 1.82) is 0 Å².